The van der Waals surface area contributed by atoms with Gasteiger partial charge in [-0.1, -0.05) is 17.9 Å². The fourth-order valence-corrected chi connectivity index (χ4v) is 1.07. The molecule has 0 unspecified atom stereocenters. The van der Waals surface area contributed by atoms with Crippen molar-refractivity contribution in [1.29, 1.82) is 0 Å². The van der Waals surface area contributed by atoms with E-state index in [1.165, 1.54) is 12.1 Å². The molecule has 2 nitrogen and oxygen atoms in total. The second-order valence-corrected chi connectivity index (χ2v) is 2.85. The Hall–Kier alpha value is -1.37. The van der Waals surface area contributed by atoms with Crippen LogP contribution in [0.5, 0.6) is 0 Å². The van der Waals surface area contributed by atoms with E-state index >= 15 is 0 Å². The molecule has 0 bridgehead atoms. The lowest BCUT2D eigenvalue weighted by atomic mass is 10.1. The number of halogens is 1. The minimum Gasteiger partial charge on any atom is -0.330 e. The van der Waals surface area contributed by atoms with E-state index in [2.05, 4.69) is 11.8 Å². The van der Waals surface area contributed by atoms with E-state index in [0.29, 0.717) is 25.1 Å². The van der Waals surface area contributed by atoms with Crippen molar-refractivity contribution in [3.05, 3.63) is 35.1 Å². The van der Waals surface area contributed by atoms with Gasteiger partial charge in [0, 0.05) is 25.1 Å². The monoisotopic (exact) mass is 192 g/mol. The van der Waals surface area contributed by atoms with Crippen molar-refractivity contribution in [2.75, 3.05) is 6.54 Å². The maximum Gasteiger partial charge on any atom is 0.124 e. The summed E-state index contributed by atoms with van der Waals surface area (Å²) in [6.07, 6.45) is 0.612. The van der Waals surface area contributed by atoms with Crippen molar-refractivity contribution in [2.24, 2.45) is 11.5 Å². The third-order valence-corrected chi connectivity index (χ3v) is 1.78. The lowest BCUT2D eigenvalue weighted by Crippen LogP contribution is -2.00. The smallest absolute Gasteiger partial charge is 0.124 e. The predicted octanol–water partition coefficient (Wildman–Crippen LogP) is 0.985. The Bertz CT molecular complexity index is 363. The Labute approximate surface area is 83.1 Å². The van der Waals surface area contributed by atoms with E-state index in [9.17, 15) is 4.39 Å². The van der Waals surface area contributed by atoms with Crippen LogP contribution in [-0.2, 0) is 6.54 Å². The van der Waals surface area contributed by atoms with E-state index in [0.717, 1.165) is 5.56 Å². The molecule has 74 valence electrons. The summed E-state index contributed by atoms with van der Waals surface area (Å²) in [4.78, 5) is 0. The zero-order valence-corrected chi connectivity index (χ0v) is 7.89. The highest BCUT2D eigenvalue weighted by Gasteiger charge is 1.99. The third-order valence-electron chi connectivity index (χ3n) is 1.78. The Balaban J connectivity index is 2.94. The first-order valence-electron chi connectivity index (χ1n) is 4.45. The lowest BCUT2D eigenvalue weighted by molar-refractivity contribution is 0.626. The van der Waals surface area contributed by atoms with Gasteiger partial charge in [0.2, 0.25) is 0 Å². The Kier molecular flexibility index (Phi) is 4.11. The number of rotatable bonds is 2. The van der Waals surface area contributed by atoms with Crippen molar-refractivity contribution >= 4 is 0 Å². The van der Waals surface area contributed by atoms with Crippen LogP contribution in [0.3, 0.4) is 0 Å². The number of benzene rings is 1. The number of nitrogens with two attached hydrogens (primary N) is 2. The highest BCUT2D eigenvalue weighted by molar-refractivity contribution is 5.41. The summed E-state index contributed by atoms with van der Waals surface area (Å²) in [7, 11) is 0. The van der Waals surface area contributed by atoms with Crippen LogP contribution in [0, 0.1) is 17.7 Å². The molecule has 1 aromatic rings. The van der Waals surface area contributed by atoms with Gasteiger partial charge in [-0.2, -0.15) is 0 Å². The van der Waals surface area contributed by atoms with Crippen LogP contribution < -0.4 is 11.5 Å². The minimum absolute atomic E-state index is 0.292. The number of hydrogen-bond donors (Lipinski definition) is 2. The summed E-state index contributed by atoms with van der Waals surface area (Å²) in [6, 6.07) is 4.43. The molecule has 3 heteroatoms. The molecule has 0 radical (unpaired) electrons. The summed E-state index contributed by atoms with van der Waals surface area (Å²) in [6.45, 7) is 0.882. The van der Waals surface area contributed by atoms with Crippen molar-refractivity contribution in [3.8, 4) is 11.8 Å². The molecule has 0 atom stereocenters. The van der Waals surface area contributed by atoms with Gasteiger partial charge in [0.15, 0.2) is 0 Å². The minimum atomic E-state index is -0.292. The molecule has 4 N–H and O–H groups in total. The number of hydrogen-bond acceptors (Lipinski definition) is 2. The summed E-state index contributed by atoms with van der Waals surface area (Å²) in [5.74, 6) is 5.42. The van der Waals surface area contributed by atoms with Gasteiger partial charge in [-0.15, -0.1) is 0 Å². The lowest BCUT2D eigenvalue weighted by Gasteiger charge is -2.00. The molecule has 0 saturated carbocycles. The molecule has 0 heterocycles. The highest BCUT2D eigenvalue weighted by Crippen LogP contribution is 2.09. The molecular weight excluding hydrogens is 179 g/mol. The zero-order valence-electron chi connectivity index (χ0n) is 7.89. The first-order chi connectivity index (χ1) is 6.77. The maximum absolute atomic E-state index is 12.9. The Morgan fingerprint density at radius 2 is 2.07 bits per heavy atom. The highest BCUT2D eigenvalue weighted by atomic mass is 19.1. The SMILES string of the molecule is NCCC#Cc1cc(F)ccc1CN. The first-order valence-corrected chi connectivity index (χ1v) is 4.45. The molecule has 1 aromatic carbocycles. The molecule has 0 spiro atoms. The van der Waals surface area contributed by atoms with E-state index < -0.39 is 0 Å². The average Bonchev–Trinajstić information content (AvgIpc) is 2.19. The van der Waals surface area contributed by atoms with E-state index in [1.54, 1.807) is 6.07 Å². The van der Waals surface area contributed by atoms with E-state index in [4.69, 9.17) is 11.5 Å². The quantitative estimate of drug-likeness (QED) is 0.686. The molecule has 0 aliphatic heterocycles. The van der Waals surface area contributed by atoms with Crippen LogP contribution in [0.15, 0.2) is 18.2 Å². The van der Waals surface area contributed by atoms with Crippen molar-refractivity contribution in [2.45, 2.75) is 13.0 Å². The van der Waals surface area contributed by atoms with Crippen LogP contribution in [0.2, 0.25) is 0 Å². The Morgan fingerprint density at radius 3 is 2.71 bits per heavy atom. The maximum atomic E-state index is 12.9. The topological polar surface area (TPSA) is 52.0 Å². The standard InChI is InChI=1S/C11H13FN2/c12-11-5-4-10(8-14)9(7-11)3-1-2-6-13/h4-5,7H,2,6,8,13-14H2. The van der Waals surface area contributed by atoms with Gasteiger partial charge in [-0.3, -0.25) is 0 Å². The normalized spacial score (nSPS) is 9.36. The van der Waals surface area contributed by atoms with Crippen molar-refractivity contribution in [3.63, 3.8) is 0 Å². The first kappa shape index (κ1) is 10.7. The van der Waals surface area contributed by atoms with Crippen LogP contribution >= 0.6 is 0 Å². The van der Waals surface area contributed by atoms with Gasteiger partial charge in [0.1, 0.15) is 5.82 Å². The van der Waals surface area contributed by atoms with Crippen molar-refractivity contribution < 1.29 is 4.39 Å². The second kappa shape index (κ2) is 5.38. The molecule has 0 aromatic heterocycles. The van der Waals surface area contributed by atoms with Gasteiger partial charge in [-0.25, -0.2) is 4.39 Å². The summed E-state index contributed by atoms with van der Waals surface area (Å²) >= 11 is 0. The fourth-order valence-electron chi connectivity index (χ4n) is 1.07. The summed E-state index contributed by atoms with van der Waals surface area (Å²) < 4.78 is 12.9. The Morgan fingerprint density at radius 1 is 1.29 bits per heavy atom. The van der Waals surface area contributed by atoms with Crippen LogP contribution in [0.1, 0.15) is 17.5 Å². The molecule has 0 saturated heterocycles. The zero-order chi connectivity index (χ0) is 10.4. The van der Waals surface area contributed by atoms with Crippen LogP contribution in [-0.4, -0.2) is 6.54 Å². The second-order valence-electron chi connectivity index (χ2n) is 2.85. The predicted molar refractivity (Wildman–Crippen MR) is 54.8 cm³/mol. The van der Waals surface area contributed by atoms with Crippen molar-refractivity contribution in [1.82, 2.24) is 0 Å². The largest absolute Gasteiger partial charge is 0.330 e. The fraction of sp³-hybridized carbons (Fsp3) is 0.273. The summed E-state index contributed by atoms with van der Waals surface area (Å²) in [5.41, 5.74) is 12.3. The van der Waals surface area contributed by atoms with E-state index in [-0.39, 0.29) is 5.82 Å². The van der Waals surface area contributed by atoms with Gasteiger partial charge in [0.05, 0.1) is 0 Å². The van der Waals surface area contributed by atoms with Crippen LogP contribution in [0.4, 0.5) is 4.39 Å². The molecular formula is C11H13FN2. The molecule has 0 fully saturated rings. The van der Waals surface area contributed by atoms with Gasteiger partial charge in [-0.05, 0) is 17.7 Å². The van der Waals surface area contributed by atoms with E-state index in [1.807, 2.05) is 0 Å². The van der Waals surface area contributed by atoms with Crippen LogP contribution in [0.25, 0.3) is 0 Å². The molecule has 0 amide bonds. The average molecular weight is 192 g/mol. The third kappa shape index (κ3) is 2.84. The van der Waals surface area contributed by atoms with Gasteiger partial charge >= 0.3 is 0 Å². The molecule has 0 aliphatic rings. The van der Waals surface area contributed by atoms with Gasteiger partial charge in [0.25, 0.3) is 0 Å². The molecule has 1 rings (SSSR count). The van der Waals surface area contributed by atoms with Gasteiger partial charge < -0.3 is 11.5 Å². The summed E-state index contributed by atoms with van der Waals surface area (Å²) in [5, 5.41) is 0. The molecule has 0 aliphatic carbocycles. The molecule has 14 heavy (non-hydrogen) atoms.